The second-order valence-corrected chi connectivity index (χ2v) is 8.07. The van der Waals surface area contributed by atoms with E-state index in [1.165, 1.54) is 18.2 Å². The number of fused-ring (bicyclic) bond motifs is 1. The third-order valence-electron chi connectivity index (χ3n) is 5.54. The van der Waals surface area contributed by atoms with Crippen LogP contribution in [0.2, 0.25) is 0 Å². The third-order valence-corrected chi connectivity index (χ3v) is 5.54. The zero-order chi connectivity index (χ0) is 25.1. The number of ether oxygens (including phenoxy) is 1. The van der Waals surface area contributed by atoms with Crippen molar-refractivity contribution in [3.05, 3.63) is 78.2 Å². The van der Waals surface area contributed by atoms with Gasteiger partial charge in [-0.1, -0.05) is 0 Å². The predicted molar refractivity (Wildman–Crippen MR) is 130 cm³/mol. The minimum absolute atomic E-state index is 0.0578. The molecule has 3 aromatic carbocycles. The zero-order valence-corrected chi connectivity index (χ0v) is 18.9. The van der Waals surface area contributed by atoms with E-state index < -0.39 is 23.5 Å². The van der Waals surface area contributed by atoms with Crippen LogP contribution < -0.4 is 25.6 Å². The number of urea groups is 1. The van der Waals surface area contributed by atoms with Crippen LogP contribution in [-0.2, 0) is 0 Å². The first-order valence-electron chi connectivity index (χ1n) is 11.2. The van der Waals surface area contributed by atoms with Gasteiger partial charge in [0, 0.05) is 55.8 Å². The fraction of sp³-hybridized carbons (Fsp3) is 0.160. The van der Waals surface area contributed by atoms with E-state index in [1.807, 2.05) is 0 Å². The van der Waals surface area contributed by atoms with E-state index in [2.05, 4.69) is 30.8 Å². The molecular weight excluding hydrogens is 473 g/mol. The fourth-order valence-corrected chi connectivity index (χ4v) is 3.74. The topological polar surface area (TPSA) is 91.4 Å². The number of nitrogens with one attached hydrogen (secondary N) is 3. The van der Waals surface area contributed by atoms with Gasteiger partial charge in [-0.3, -0.25) is 4.98 Å². The molecule has 0 radical (unpaired) electrons. The van der Waals surface area contributed by atoms with Gasteiger partial charge in [0.15, 0.2) is 23.2 Å². The minimum atomic E-state index is -1.09. The van der Waals surface area contributed by atoms with Crippen molar-refractivity contribution in [1.29, 1.82) is 0 Å². The summed E-state index contributed by atoms with van der Waals surface area (Å²) in [5.41, 5.74) is 1.56. The van der Waals surface area contributed by atoms with E-state index in [9.17, 15) is 18.0 Å². The molecule has 2 amide bonds. The van der Waals surface area contributed by atoms with Gasteiger partial charge in [0.05, 0.1) is 17.2 Å². The molecule has 1 aromatic heterocycles. The van der Waals surface area contributed by atoms with Crippen LogP contribution in [0.1, 0.15) is 0 Å². The highest BCUT2D eigenvalue weighted by Crippen LogP contribution is 2.29. The molecule has 8 nitrogen and oxygen atoms in total. The Hall–Kier alpha value is -4.38. The average Bonchev–Trinajstić information content (AvgIpc) is 2.88. The average molecular weight is 494 g/mol. The summed E-state index contributed by atoms with van der Waals surface area (Å²) < 4.78 is 46.6. The summed E-state index contributed by atoms with van der Waals surface area (Å²) in [4.78, 5) is 23.5. The molecule has 0 aliphatic carbocycles. The van der Waals surface area contributed by atoms with E-state index in [1.54, 1.807) is 24.4 Å². The van der Waals surface area contributed by atoms with Gasteiger partial charge in [0.25, 0.3) is 0 Å². The largest absolute Gasteiger partial charge is 0.454 e. The van der Waals surface area contributed by atoms with Crippen molar-refractivity contribution in [1.82, 2.24) is 15.3 Å². The number of carbonyl (C=O) groups is 1. The Kier molecular flexibility index (Phi) is 6.54. The molecule has 0 bridgehead atoms. The lowest BCUT2D eigenvalue weighted by Gasteiger charge is -2.28. The van der Waals surface area contributed by atoms with Crippen molar-refractivity contribution in [2.24, 2.45) is 0 Å². The van der Waals surface area contributed by atoms with Crippen LogP contribution in [0.25, 0.3) is 11.0 Å². The molecule has 1 aliphatic heterocycles. The molecule has 3 N–H and O–H groups in total. The number of aromatic nitrogens is 2. The SMILES string of the molecule is O=C(Nc1ccc(F)c(F)c1)Nc1ccc(F)c(Oc2ccc3ncc(N4CCNCC4)nc3c2)c1. The van der Waals surface area contributed by atoms with Crippen molar-refractivity contribution in [3.8, 4) is 11.5 Å². The molecule has 1 saturated heterocycles. The number of piperazine rings is 1. The Labute approximate surface area is 204 Å². The maximum Gasteiger partial charge on any atom is 0.323 e. The molecule has 4 aromatic rings. The number of benzene rings is 3. The van der Waals surface area contributed by atoms with Crippen LogP contribution in [0.3, 0.4) is 0 Å². The van der Waals surface area contributed by atoms with Gasteiger partial charge in [-0.25, -0.2) is 22.9 Å². The number of nitrogens with zero attached hydrogens (tertiary/aromatic N) is 3. The molecule has 1 fully saturated rings. The molecule has 0 spiro atoms. The molecule has 2 heterocycles. The summed E-state index contributed by atoms with van der Waals surface area (Å²) in [5, 5.41) is 8.18. The van der Waals surface area contributed by atoms with Crippen LogP contribution in [-0.4, -0.2) is 42.2 Å². The van der Waals surface area contributed by atoms with Gasteiger partial charge >= 0.3 is 6.03 Å². The van der Waals surface area contributed by atoms with Crippen molar-refractivity contribution in [3.63, 3.8) is 0 Å². The summed E-state index contributed by atoms with van der Waals surface area (Å²) in [5.74, 6) is -1.78. The number of amides is 2. The Bertz CT molecular complexity index is 1430. The smallest absolute Gasteiger partial charge is 0.323 e. The number of hydrogen-bond donors (Lipinski definition) is 3. The van der Waals surface area contributed by atoms with E-state index in [-0.39, 0.29) is 17.1 Å². The number of anilines is 3. The zero-order valence-electron chi connectivity index (χ0n) is 18.9. The molecule has 36 heavy (non-hydrogen) atoms. The van der Waals surface area contributed by atoms with E-state index in [0.29, 0.717) is 16.8 Å². The first-order chi connectivity index (χ1) is 17.4. The van der Waals surface area contributed by atoms with Gasteiger partial charge in [0.2, 0.25) is 0 Å². The van der Waals surface area contributed by atoms with Gasteiger partial charge in [0.1, 0.15) is 11.6 Å². The van der Waals surface area contributed by atoms with Crippen LogP contribution >= 0.6 is 0 Å². The normalized spacial score (nSPS) is 13.5. The molecule has 1 aliphatic rings. The molecule has 0 unspecified atom stereocenters. The highest BCUT2D eigenvalue weighted by atomic mass is 19.2. The number of carbonyl (C=O) groups excluding carboxylic acids is 1. The summed E-state index contributed by atoms with van der Waals surface area (Å²) in [6, 6.07) is 11.1. The quantitative estimate of drug-likeness (QED) is 0.366. The lowest BCUT2D eigenvalue weighted by molar-refractivity contribution is 0.262. The summed E-state index contributed by atoms with van der Waals surface area (Å²) in [6.07, 6.45) is 1.73. The van der Waals surface area contributed by atoms with Crippen LogP contribution in [0, 0.1) is 17.5 Å². The first kappa shape index (κ1) is 23.4. The van der Waals surface area contributed by atoms with Crippen molar-refractivity contribution in [2.75, 3.05) is 41.7 Å². The van der Waals surface area contributed by atoms with Crippen molar-refractivity contribution in [2.45, 2.75) is 0 Å². The highest BCUT2D eigenvalue weighted by Gasteiger charge is 2.14. The number of halogens is 3. The number of hydrogen-bond acceptors (Lipinski definition) is 6. The lowest BCUT2D eigenvalue weighted by Crippen LogP contribution is -2.43. The molecule has 5 rings (SSSR count). The van der Waals surface area contributed by atoms with Gasteiger partial charge in [-0.2, -0.15) is 0 Å². The first-order valence-corrected chi connectivity index (χ1v) is 11.2. The lowest BCUT2D eigenvalue weighted by atomic mass is 10.2. The Morgan fingerprint density at radius 1 is 0.861 bits per heavy atom. The summed E-state index contributed by atoms with van der Waals surface area (Å²) >= 11 is 0. The fourth-order valence-electron chi connectivity index (χ4n) is 3.74. The van der Waals surface area contributed by atoms with Crippen LogP contribution in [0.4, 0.5) is 35.2 Å². The Morgan fingerprint density at radius 3 is 2.33 bits per heavy atom. The second-order valence-electron chi connectivity index (χ2n) is 8.07. The summed E-state index contributed by atoms with van der Waals surface area (Å²) in [7, 11) is 0. The van der Waals surface area contributed by atoms with E-state index in [4.69, 9.17) is 4.74 Å². The minimum Gasteiger partial charge on any atom is -0.454 e. The molecule has 0 saturated carbocycles. The second kappa shape index (κ2) is 10.1. The molecule has 184 valence electrons. The standard InChI is InChI=1S/C25H21F3N6O2/c26-18-4-1-15(11-20(18)28)31-25(35)32-16-2-5-19(27)23(12-16)36-17-3-6-21-22(13-17)33-24(14-30-21)34-9-7-29-8-10-34/h1-6,11-14,29H,7-10H2,(H2,31,32,35). The molecule has 11 heteroatoms. The van der Waals surface area contributed by atoms with Gasteiger partial charge < -0.3 is 25.6 Å². The van der Waals surface area contributed by atoms with Gasteiger partial charge in [-0.15, -0.1) is 0 Å². The van der Waals surface area contributed by atoms with Crippen molar-refractivity contribution >= 4 is 34.3 Å². The van der Waals surface area contributed by atoms with Crippen LogP contribution in [0.5, 0.6) is 11.5 Å². The maximum atomic E-state index is 14.5. The van der Waals surface area contributed by atoms with Crippen molar-refractivity contribution < 1.29 is 22.7 Å². The Balaban J connectivity index is 1.31. The van der Waals surface area contributed by atoms with Gasteiger partial charge in [-0.05, 0) is 36.4 Å². The van der Waals surface area contributed by atoms with E-state index >= 15 is 0 Å². The Morgan fingerprint density at radius 2 is 1.58 bits per heavy atom. The summed E-state index contributed by atoms with van der Waals surface area (Å²) in [6.45, 7) is 3.38. The molecular formula is C25H21F3N6O2. The van der Waals surface area contributed by atoms with Crippen LogP contribution in [0.15, 0.2) is 60.8 Å². The van der Waals surface area contributed by atoms with E-state index in [0.717, 1.165) is 50.2 Å². The highest BCUT2D eigenvalue weighted by molar-refractivity contribution is 5.99. The maximum absolute atomic E-state index is 14.5. The number of rotatable bonds is 5. The third kappa shape index (κ3) is 5.31. The monoisotopic (exact) mass is 494 g/mol. The predicted octanol–water partition coefficient (Wildman–Crippen LogP) is 4.89. The molecule has 0 atom stereocenters.